The van der Waals surface area contributed by atoms with E-state index in [1.165, 1.54) is 45.3 Å². The SMILES string of the molecule is c1ccc(C2CC2CN2CCCCC2)cc1. The molecule has 16 heavy (non-hydrogen) atoms. The summed E-state index contributed by atoms with van der Waals surface area (Å²) in [5, 5.41) is 0. The van der Waals surface area contributed by atoms with Crippen LogP contribution in [0, 0.1) is 5.92 Å². The fourth-order valence-corrected chi connectivity index (χ4v) is 3.03. The first kappa shape index (κ1) is 10.3. The normalized spacial score (nSPS) is 30.2. The molecule has 0 bridgehead atoms. The monoisotopic (exact) mass is 215 g/mol. The predicted molar refractivity (Wildman–Crippen MR) is 67.6 cm³/mol. The van der Waals surface area contributed by atoms with Gasteiger partial charge in [0.15, 0.2) is 0 Å². The zero-order valence-corrected chi connectivity index (χ0v) is 9.94. The second-order valence-electron chi connectivity index (χ2n) is 5.37. The van der Waals surface area contributed by atoms with E-state index in [2.05, 4.69) is 35.2 Å². The van der Waals surface area contributed by atoms with Crippen LogP contribution >= 0.6 is 0 Å². The van der Waals surface area contributed by atoms with E-state index in [0.717, 1.165) is 11.8 Å². The minimum atomic E-state index is 0.864. The van der Waals surface area contributed by atoms with Crippen LogP contribution in [0.2, 0.25) is 0 Å². The molecule has 0 radical (unpaired) electrons. The van der Waals surface area contributed by atoms with Gasteiger partial charge in [0.05, 0.1) is 0 Å². The molecule has 1 aromatic carbocycles. The van der Waals surface area contributed by atoms with Crippen molar-refractivity contribution in [3.05, 3.63) is 35.9 Å². The molecule has 2 aliphatic rings. The highest BCUT2D eigenvalue weighted by molar-refractivity contribution is 5.25. The van der Waals surface area contributed by atoms with Gasteiger partial charge >= 0.3 is 0 Å². The van der Waals surface area contributed by atoms with E-state index in [1.807, 2.05) is 0 Å². The summed E-state index contributed by atoms with van der Waals surface area (Å²) in [5.41, 5.74) is 1.56. The molecular formula is C15H21N. The van der Waals surface area contributed by atoms with Crippen LogP contribution in [0.3, 0.4) is 0 Å². The fourth-order valence-electron chi connectivity index (χ4n) is 3.03. The van der Waals surface area contributed by atoms with Gasteiger partial charge in [-0.15, -0.1) is 0 Å². The average Bonchev–Trinajstić information content (AvgIpc) is 3.11. The van der Waals surface area contributed by atoms with E-state index in [1.54, 1.807) is 5.56 Å². The molecule has 3 rings (SSSR count). The van der Waals surface area contributed by atoms with Crippen molar-refractivity contribution in [2.75, 3.05) is 19.6 Å². The van der Waals surface area contributed by atoms with Gasteiger partial charge < -0.3 is 4.90 Å². The van der Waals surface area contributed by atoms with Crippen LogP contribution in [0.25, 0.3) is 0 Å². The molecule has 86 valence electrons. The Labute approximate surface area is 98.5 Å². The summed E-state index contributed by atoms with van der Waals surface area (Å²) in [5.74, 6) is 1.81. The minimum Gasteiger partial charge on any atom is -0.303 e. The summed E-state index contributed by atoms with van der Waals surface area (Å²) in [7, 11) is 0. The first-order chi connectivity index (χ1) is 7.93. The highest BCUT2D eigenvalue weighted by Gasteiger charge is 2.38. The van der Waals surface area contributed by atoms with Gasteiger partial charge in [-0.3, -0.25) is 0 Å². The standard InChI is InChI=1S/C15H21N/c1-3-7-13(8-4-1)15-11-14(15)12-16-9-5-2-6-10-16/h1,3-4,7-8,14-15H,2,5-6,9-12H2. The number of hydrogen-bond acceptors (Lipinski definition) is 1. The molecule has 0 amide bonds. The van der Waals surface area contributed by atoms with Crippen LogP contribution in [0.15, 0.2) is 30.3 Å². The van der Waals surface area contributed by atoms with Gasteiger partial charge in [0.2, 0.25) is 0 Å². The van der Waals surface area contributed by atoms with Gasteiger partial charge in [0.25, 0.3) is 0 Å². The summed E-state index contributed by atoms with van der Waals surface area (Å²) in [6.45, 7) is 4.04. The number of likely N-dealkylation sites (tertiary alicyclic amines) is 1. The lowest BCUT2D eigenvalue weighted by Gasteiger charge is -2.26. The molecule has 1 saturated heterocycles. The first-order valence-electron chi connectivity index (χ1n) is 6.71. The Kier molecular flexibility index (Phi) is 2.96. The number of hydrogen-bond donors (Lipinski definition) is 0. The largest absolute Gasteiger partial charge is 0.303 e. The lowest BCUT2D eigenvalue weighted by molar-refractivity contribution is 0.219. The number of rotatable bonds is 3. The maximum absolute atomic E-state index is 2.68. The van der Waals surface area contributed by atoms with Gasteiger partial charge in [0.1, 0.15) is 0 Å². The lowest BCUT2D eigenvalue weighted by Crippen LogP contribution is -2.31. The molecule has 1 saturated carbocycles. The lowest BCUT2D eigenvalue weighted by atomic mass is 10.1. The molecule has 1 heteroatoms. The van der Waals surface area contributed by atoms with Crippen LogP contribution in [-0.4, -0.2) is 24.5 Å². The molecule has 2 fully saturated rings. The quantitative estimate of drug-likeness (QED) is 0.748. The topological polar surface area (TPSA) is 3.24 Å². The van der Waals surface area contributed by atoms with Gasteiger partial charge in [-0.05, 0) is 49.8 Å². The van der Waals surface area contributed by atoms with Crippen LogP contribution < -0.4 is 0 Å². The van der Waals surface area contributed by atoms with Gasteiger partial charge in [-0.2, -0.15) is 0 Å². The van der Waals surface area contributed by atoms with E-state index in [0.29, 0.717) is 0 Å². The summed E-state index contributed by atoms with van der Waals surface area (Å²) in [6.07, 6.45) is 5.70. The zero-order chi connectivity index (χ0) is 10.8. The molecule has 0 spiro atoms. The molecular weight excluding hydrogens is 194 g/mol. The van der Waals surface area contributed by atoms with Crippen molar-refractivity contribution in [3.8, 4) is 0 Å². The van der Waals surface area contributed by atoms with Crippen LogP contribution in [0.1, 0.15) is 37.2 Å². The third-order valence-corrected chi connectivity index (χ3v) is 4.09. The van der Waals surface area contributed by atoms with Crippen molar-refractivity contribution in [2.45, 2.75) is 31.6 Å². The fraction of sp³-hybridized carbons (Fsp3) is 0.600. The Bertz CT molecular complexity index is 327. The van der Waals surface area contributed by atoms with Crippen LogP contribution in [0.4, 0.5) is 0 Å². The highest BCUT2D eigenvalue weighted by Crippen LogP contribution is 2.47. The van der Waals surface area contributed by atoms with Crippen molar-refractivity contribution in [1.29, 1.82) is 0 Å². The van der Waals surface area contributed by atoms with E-state index in [4.69, 9.17) is 0 Å². The highest BCUT2D eigenvalue weighted by atomic mass is 15.1. The number of piperidine rings is 1. The second-order valence-corrected chi connectivity index (χ2v) is 5.37. The number of nitrogens with zero attached hydrogens (tertiary/aromatic N) is 1. The Hall–Kier alpha value is -0.820. The Balaban J connectivity index is 1.52. The second kappa shape index (κ2) is 4.58. The molecule has 2 unspecified atom stereocenters. The summed E-state index contributed by atoms with van der Waals surface area (Å²) in [6, 6.07) is 11.0. The Morgan fingerprint density at radius 3 is 2.50 bits per heavy atom. The molecule has 1 aliphatic heterocycles. The first-order valence-corrected chi connectivity index (χ1v) is 6.71. The summed E-state index contributed by atoms with van der Waals surface area (Å²) in [4.78, 5) is 2.68. The van der Waals surface area contributed by atoms with E-state index < -0.39 is 0 Å². The van der Waals surface area contributed by atoms with Crippen molar-refractivity contribution in [2.24, 2.45) is 5.92 Å². The van der Waals surface area contributed by atoms with Crippen molar-refractivity contribution in [3.63, 3.8) is 0 Å². The van der Waals surface area contributed by atoms with E-state index >= 15 is 0 Å². The molecule has 1 nitrogen and oxygen atoms in total. The van der Waals surface area contributed by atoms with E-state index in [9.17, 15) is 0 Å². The third kappa shape index (κ3) is 2.30. The van der Waals surface area contributed by atoms with Gasteiger partial charge in [-0.1, -0.05) is 36.8 Å². The summed E-state index contributed by atoms with van der Waals surface area (Å²) < 4.78 is 0. The third-order valence-electron chi connectivity index (χ3n) is 4.09. The molecule has 1 aliphatic carbocycles. The summed E-state index contributed by atoms with van der Waals surface area (Å²) >= 11 is 0. The van der Waals surface area contributed by atoms with Gasteiger partial charge in [0, 0.05) is 6.54 Å². The van der Waals surface area contributed by atoms with Crippen LogP contribution in [-0.2, 0) is 0 Å². The van der Waals surface area contributed by atoms with E-state index in [-0.39, 0.29) is 0 Å². The van der Waals surface area contributed by atoms with Crippen LogP contribution in [0.5, 0.6) is 0 Å². The van der Waals surface area contributed by atoms with Gasteiger partial charge in [-0.25, -0.2) is 0 Å². The van der Waals surface area contributed by atoms with Crippen molar-refractivity contribution in [1.82, 2.24) is 4.90 Å². The Morgan fingerprint density at radius 1 is 1.00 bits per heavy atom. The molecule has 0 aromatic heterocycles. The predicted octanol–water partition coefficient (Wildman–Crippen LogP) is 3.28. The maximum atomic E-state index is 2.68. The van der Waals surface area contributed by atoms with Crippen molar-refractivity contribution >= 4 is 0 Å². The maximum Gasteiger partial charge on any atom is 0.00157 e. The minimum absolute atomic E-state index is 0.864. The molecule has 1 aromatic rings. The Morgan fingerprint density at radius 2 is 1.75 bits per heavy atom. The van der Waals surface area contributed by atoms with Crippen molar-refractivity contribution < 1.29 is 0 Å². The molecule has 2 atom stereocenters. The molecule has 0 N–H and O–H groups in total. The molecule has 1 heterocycles. The average molecular weight is 215 g/mol. The smallest absolute Gasteiger partial charge is 0.00157 e. The zero-order valence-electron chi connectivity index (χ0n) is 9.94. The number of benzene rings is 1.